The summed E-state index contributed by atoms with van der Waals surface area (Å²) < 4.78 is 2.08. The number of benzene rings is 1. The maximum Gasteiger partial charge on any atom is 0.0841 e. The average molecular weight is 288 g/mol. The largest absolute Gasteiger partial charge is 0.311 e. The van der Waals surface area contributed by atoms with E-state index in [2.05, 4.69) is 74.0 Å². The van der Waals surface area contributed by atoms with Crippen LogP contribution in [0.2, 0.25) is 0 Å². The van der Waals surface area contributed by atoms with E-state index in [0.717, 1.165) is 31.9 Å². The third-order valence-electron chi connectivity index (χ3n) is 3.67. The Morgan fingerprint density at radius 3 is 2.62 bits per heavy atom. The van der Waals surface area contributed by atoms with E-state index in [4.69, 9.17) is 5.10 Å². The number of aromatic nitrogens is 2. The van der Waals surface area contributed by atoms with Crippen LogP contribution in [0.3, 0.4) is 0 Å². The number of fused-ring (bicyclic) bond motifs is 1. The van der Waals surface area contributed by atoms with Crippen molar-refractivity contribution < 1.29 is 0 Å². The maximum absolute atomic E-state index is 4.73. The molecule has 0 aliphatic carbocycles. The highest BCUT2D eigenvalue weighted by Crippen LogP contribution is 2.19. The molecule has 1 aromatic carbocycles. The van der Waals surface area contributed by atoms with Crippen molar-refractivity contribution in [2.75, 3.05) is 27.2 Å². The molecule has 2 rings (SSSR count). The minimum Gasteiger partial charge on any atom is -0.311 e. The highest BCUT2D eigenvalue weighted by molar-refractivity contribution is 5.81. The van der Waals surface area contributed by atoms with Crippen LogP contribution in [0.15, 0.2) is 24.3 Å². The maximum atomic E-state index is 4.73. The highest BCUT2D eigenvalue weighted by Gasteiger charge is 2.18. The van der Waals surface area contributed by atoms with Crippen LogP contribution in [-0.2, 0) is 13.1 Å². The standard InChI is InChI=1S/C17H28N4/c1-6-21-16-10-8-7-9-14(16)15(19-21)11-18-12-17(2,3)13-20(4)5/h7-10,18H,6,11-13H2,1-5H3. The fourth-order valence-electron chi connectivity index (χ4n) is 3.00. The van der Waals surface area contributed by atoms with Crippen molar-refractivity contribution in [2.24, 2.45) is 5.41 Å². The fraction of sp³-hybridized carbons (Fsp3) is 0.588. The number of para-hydroxylation sites is 1. The fourth-order valence-corrected chi connectivity index (χ4v) is 3.00. The number of nitrogens with zero attached hydrogens (tertiary/aromatic N) is 3. The summed E-state index contributed by atoms with van der Waals surface area (Å²) in [6.45, 7) is 10.5. The van der Waals surface area contributed by atoms with Gasteiger partial charge in [0.25, 0.3) is 0 Å². The zero-order valence-electron chi connectivity index (χ0n) is 14.0. The van der Waals surface area contributed by atoms with Gasteiger partial charge in [-0.15, -0.1) is 0 Å². The normalized spacial score (nSPS) is 12.5. The lowest BCUT2D eigenvalue weighted by molar-refractivity contribution is 0.232. The van der Waals surface area contributed by atoms with Crippen LogP contribution in [0, 0.1) is 5.41 Å². The van der Waals surface area contributed by atoms with Crippen LogP contribution in [0.4, 0.5) is 0 Å². The smallest absolute Gasteiger partial charge is 0.0841 e. The minimum absolute atomic E-state index is 0.257. The highest BCUT2D eigenvalue weighted by atomic mass is 15.3. The summed E-state index contributed by atoms with van der Waals surface area (Å²) in [6, 6.07) is 8.47. The van der Waals surface area contributed by atoms with Gasteiger partial charge in [0.05, 0.1) is 11.2 Å². The third kappa shape index (κ3) is 4.05. The van der Waals surface area contributed by atoms with Gasteiger partial charge >= 0.3 is 0 Å². The average Bonchev–Trinajstić information content (AvgIpc) is 2.76. The molecule has 0 radical (unpaired) electrons. The number of rotatable bonds is 7. The molecule has 0 fully saturated rings. The van der Waals surface area contributed by atoms with Crippen LogP contribution < -0.4 is 5.32 Å². The van der Waals surface area contributed by atoms with Gasteiger partial charge in [0.1, 0.15) is 0 Å². The van der Waals surface area contributed by atoms with Gasteiger partial charge in [-0.2, -0.15) is 5.10 Å². The molecule has 0 amide bonds. The van der Waals surface area contributed by atoms with Gasteiger partial charge in [0.2, 0.25) is 0 Å². The second-order valence-electron chi connectivity index (χ2n) is 6.79. The first-order valence-electron chi connectivity index (χ1n) is 7.73. The van der Waals surface area contributed by atoms with Gasteiger partial charge in [-0.1, -0.05) is 32.0 Å². The zero-order valence-corrected chi connectivity index (χ0v) is 14.0. The Bertz CT molecular complexity index is 583. The number of aryl methyl sites for hydroxylation is 1. The van der Waals surface area contributed by atoms with Gasteiger partial charge < -0.3 is 10.2 Å². The summed E-state index contributed by atoms with van der Waals surface area (Å²) >= 11 is 0. The van der Waals surface area contributed by atoms with Gasteiger partial charge in [0, 0.05) is 31.6 Å². The predicted octanol–water partition coefficient (Wildman–Crippen LogP) is 2.73. The molecule has 4 heteroatoms. The molecule has 2 aromatic rings. The topological polar surface area (TPSA) is 33.1 Å². The summed E-state index contributed by atoms with van der Waals surface area (Å²) in [5, 5.41) is 9.57. The number of hydrogen-bond donors (Lipinski definition) is 1. The SMILES string of the molecule is CCn1nc(CNCC(C)(C)CN(C)C)c2ccccc21. The lowest BCUT2D eigenvalue weighted by atomic mass is 9.93. The second kappa shape index (κ2) is 6.58. The van der Waals surface area contributed by atoms with E-state index in [1.807, 2.05) is 0 Å². The van der Waals surface area contributed by atoms with Crippen molar-refractivity contribution in [2.45, 2.75) is 33.9 Å². The van der Waals surface area contributed by atoms with Crippen molar-refractivity contribution in [3.05, 3.63) is 30.0 Å². The Hall–Kier alpha value is -1.39. The van der Waals surface area contributed by atoms with E-state index in [9.17, 15) is 0 Å². The molecule has 0 aliphatic heterocycles. The Morgan fingerprint density at radius 2 is 1.95 bits per heavy atom. The lowest BCUT2D eigenvalue weighted by Gasteiger charge is -2.28. The molecule has 1 N–H and O–H groups in total. The molecule has 0 saturated carbocycles. The van der Waals surface area contributed by atoms with Crippen molar-refractivity contribution in [3.63, 3.8) is 0 Å². The van der Waals surface area contributed by atoms with Crippen molar-refractivity contribution in [3.8, 4) is 0 Å². The summed E-state index contributed by atoms with van der Waals surface area (Å²) in [6.07, 6.45) is 0. The van der Waals surface area contributed by atoms with E-state index in [1.165, 1.54) is 10.9 Å². The molecule has 0 aliphatic rings. The molecule has 0 unspecified atom stereocenters. The van der Waals surface area contributed by atoms with Gasteiger partial charge in [-0.3, -0.25) is 4.68 Å². The molecule has 4 nitrogen and oxygen atoms in total. The van der Waals surface area contributed by atoms with E-state index >= 15 is 0 Å². The molecule has 1 aromatic heterocycles. The molecule has 0 saturated heterocycles. The Morgan fingerprint density at radius 1 is 1.24 bits per heavy atom. The van der Waals surface area contributed by atoms with E-state index in [0.29, 0.717) is 0 Å². The quantitative estimate of drug-likeness (QED) is 0.850. The van der Waals surface area contributed by atoms with Crippen LogP contribution in [-0.4, -0.2) is 41.9 Å². The molecule has 116 valence electrons. The van der Waals surface area contributed by atoms with Gasteiger partial charge in [-0.25, -0.2) is 0 Å². The first-order valence-corrected chi connectivity index (χ1v) is 7.73. The summed E-state index contributed by atoms with van der Waals surface area (Å²) in [5.74, 6) is 0. The first-order chi connectivity index (χ1) is 9.93. The number of hydrogen-bond acceptors (Lipinski definition) is 3. The Kier molecular flexibility index (Phi) is 5.01. The Labute approximate surface area is 128 Å². The molecular formula is C17H28N4. The number of nitrogens with one attached hydrogen (secondary N) is 1. The van der Waals surface area contributed by atoms with E-state index in [1.54, 1.807) is 0 Å². The zero-order chi connectivity index (χ0) is 15.5. The lowest BCUT2D eigenvalue weighted by Crippen LogP contribution is -2.37. The van der Waals surface area contributed by atoms with Crippen molar-refractivity contribution in [1.82, 2.24) is 20.0 Å². The molecule has 21 heavy (non-hydrogen) atoms. The van der Waals surface area contributed by atoms with Crippen LogP contribution in [0.5, 0.6) is 0 Å². The van der Waals surface area contributed by atoms with Crippen molar-refractivity contribution >= 4 is 10.9 Å². The minimum atomic E-state index is 0.257. The van der Waals surface area contributed by atoms with Gasteiger partial charge in [0.15, 0.2) is 0 Å². The van der Waals surface area contributed by atoms with Crippen LogP contribution in [0.1, 0.15) is 26.5 Å². The first kappa shape index (κ1) is 16.0. The Balaban J connectivity index is 2.04. The van der Waals surface area contributed by atoms with Crippen molar-refractivity contribution in [1.29, 1.82) is 0 Å². The van der Waals surface area contributed by atoms with E-state index in [-0.39, 0.29) is 5.41 Å². The monoisotopic (exact) mass is 288 g/mol. The molecule has 0 atom stereocenters. The summed E-state index contributed by atoms with van der Waals surface area (Å²) in [4.78, 5) is 2.24. The van der Waals surface area contributed by atoms with Crippen LogP contribution in [0.25, 0.3) is 10.9 Å². The summed E-state index contributed by atoms with van der Waals surface area (Å²) in [7, 11) is 4.25. The molecule has 1 heterocycles. The second-order valence-corrected chi connectivity index (χ2v) is 6.79. The third-order valence-corrected chi connectivity index (χ3v) is 3.67. The summed E-state index contributed by atoms with van der Waals surface area (Å²) in [5.41, 5.74) is 2.63. The molecular weight excluding hydrogens is 260 g/mol. The predicted molar refractivity (Wildman–Crippen MR) is 89.4 cm³/mol. The molecule has 0 bridgehead atoms. The molecule has 0 spiro atoms. The van der Waals surface area contributed by atoms with E-state index < -0.39 is 0 Å². The van der Waals surface area contributed by atoms with Gasteiger partial charge in [-0.05, 0) is 32.5 Å². The van der Waals surface area contributed by atoms with Crippen LogP contribution >= 0.6 is 0 Å².